The zero-order chi connectivity index (χ0) is 13.9. The minimum atomic E-state index is -3.54. The van der Waals surface area contributed by atoms with E-state index in [-0.39, 0.29) is 0 Å². The van der Waals surface area contributed by atoms with E-state index in [9.17, 15) is 8.42 Å². The first kappa shape index (κ1) is 13.7. The van der Waals surface area contributed by atoms with Crippen LogP contribution in [0.2, 0.25) is 0 Å². The van der Waals surface area contributed by atoms with Crippen LogP contribution in [0.4, 0.5) is 5.69 Å². The first-order valence-corrected chi connectivity index (χ1v) is 7.82. The molecular weight excluding hydrogens is 264 g/mol. The van der Waals surface area contributed by atoms with Crippen LogP contribution in [-0.4, -0.2) is 27.3 Å². The Labute approximate surface area is 113 Å². The maximum atomic E-state index is 12.0. The van der Waals surface area contributed by atoms with Gasteiger partial charge in [0.15, 0.2) is 5.75 Å². The SMILES string of the molecule is CCOc1ccc2c(c1)CCCN2S(=O)(=O)CC#N. The second kappa shape index (κ2) is 5.49. The fourth-order valence-electron chi connectivity index (χ4n) is 2.24. The van der Waals surface area contributed by atoms with Crippen molar-refractivity contribution in [1.29, 1.82) is 5.26 Å². The highest BCUT2D eigenvalue weighted by atomic mass is 32.2. The highest BCUT2D eigenvalue weighted by Gasteiger charge is 2.27. The first-order valence-electron chi connectivity index (χ1n) is 6.21. The Balaban J connectivity index is 2.38. The number of anilines is 1. The lowest BCUT2D eigenvalue weighted by atomic mass is 10.0. The van der Waals surface area contributed by atoms with E-state index in [0.29, 0.717) is 18.8 Å². The van der Waals surface area contributed by atoms with Crippen molar-refractivity contribution in [2.45, 2.75) is 19.8 Å². The Morgan fingerprint density at radius 3 is 2.95 bits per heavy atom. The number of ether oxygens (including phenoxy) is 1. The average molecular weight is 280 g/mol. The summed E-state index contributed by atoms with van der Waals surface area (Å²) in [5.41, 5.74) is 1.63. The lowest BCUT2D eigenvalue weighted by Gasteiger charge is -2.30. The molecule has 0 N–H and O–H groups in total. The van der Waals surface area contributed by atoms with Gasteiger partial charge in [-0.2, -0.15) is 5.26 Å². The predicted octanol–water partition coefficient (Wildman–Crippen LogP) is 1.69. The van der Waals surface area contributed by atoms with E-state index in [1.165, 1.54) is 4.31 Å². The lowest BCUT2D eigenvalue weighted by molar-refractivity contribution is 0.340. The number of fused-ring (bicyclic) bond motifs is 1. The van der Waals surface area contributed by atoms with Crippen LogP contribution in [0.1, 0.15) is 18.9 Å². The summed E-state index contributed by atoms with van der Waals surface area (Å²) in [6, 6.07) is 7.12. The Kier molecular flexibility index (Phi) is 3.96. The number of sulfonamides is 1. The van der Waals surface area contributed by atoms with Crippen molar-refractivity contribution in [2.75, 3.05) is 23.2 Å². The van der Waals surface area contributed by atoms with E-state index in [0.717, 1.165) is 24.2 Å². The van der Waals surface area contributed by atoms with Gasteiger partial charge in [-0.1, -0.05) is 0 Å². The normalized spacial score (nSPS) is 14.6. The number of hydrogen-bond acceptors (Lipinski definition) is 4. The molecule has 1 aromatic carbocycles. The third-order valence-electron chi connectivity index (χ3n) is 3.02. The molecule has 0 amide bonds. The van der Waals surface area contributed by atoms with Crippen molar-refractivity contribution < 1.29 is 13.2 Å². The van der Waals surface area contributed by atoms with Crippen molar-refractivity contribution >= 4 is 15.7 Å². The molecule has 2 rings (SSSR count). The Bertz CT molecular complexity index is 605. The molecular formula is C13H16N2O3S. The summed E-state index contributed by atoms with van der Waals surface area (Å²) in [6.45, 7) is 2.92. The second-order valence-electron chi connectivity index (χ2n) is 4.31. The van der Waals surface area contributed by atoms with E-state index in [4.69, 9.17) is 10.00 Å². The third kappa shape index (κ3) is 2.82. The van der Waals surface area contributed by atoms with Crippen molar-refractivity contribution in [3.05, 3.63) is 23.8 Å². The van der Waals surface area contributed by atoms with Crippen molar-refractivity contribution in [2.24, 2.45) is 0 Å². The molecule has 102 valence electrons. The molecule has 5 nitrogen and oxygen atoms in total. The van der Waals surface area contributed by atoms with Gasteiger partial charge in [0.2, 0.25) is 10.0 Å². The Morgan fingerprint density at radius 1 is 1.47 bits per heavy atom. The van der Waals surface area contributed by atoms with Crippen LogP contribution >= 0.6 is 0 Å². The summed E-state index contributed by atoms with van der Waals surface area (Å²) in [4.78, 5) is 0. The molecule has 0 unspecified atom stereocenters. The summed E-state index contributed by atoms with van der Waals surface area (Å²) in [5, 5.41) is 8.62. The van der Waals surface area contributed by atoms with Gasteiger partial charge < -0.3 is 4.74 Å². The summed E-state index contributed by atoms with van der Waals surface area (Å²) in [7, 11) is -3.54. The van der Waals surface area contributed by atoms with Gasteiger partial charge in [0.25, 0.3) is 0 Å². The van der Waals surface area contributed by atoms with Crippen molar-refractivity contribution in [3.63, 3.8) is 0 Å². The topological polar surface area (TPSA) is 70.4 Å². The van der Waals surface area contributed by atoms with Crippen molar-refractivity contribution in [1.82, 2.24) is 0 Å². The summed E-state index contributed by atoms with van der Waals surface area (Å²) >= 11 is 0. The van der Waals surface area contributed by atoms with Crippen LogP contribution in [0.5, 0.6) is 5.75 Å². The van der Waals surface area contributed by atoms with Crippen LogP contribution in [-0.2, 0) is 16.4 Å². The fraction of sp³-hybridized carbons (Fsp3) is 0.462. The summed E-state index contributed by atoms with van der Waals surface area (Å²) in [5.74, 6) is 0.264. The maximum Gasteiger partial charge on any atom is 0.248 e. The van der Waals surface area contributed by atoms with Gasteiger partial charge in [-0.05, 0) is 43.5 Å². The maximum absolute atomic E-state index is 12.0. The number of aryl methyl sites for hydroxylation is 1. The number of nitrogens with zero attached hydrogens (tertiary/aromatic N) is 2. The monoisotopic (exact) mass is 280 g/mol. The second-order valence-corrected chi connectivity index (χ2v) is 6.21. The Morgan fingerprint density at radius 2 is 2.26 bits per heavy atom. The van der Waals surface area contributed by atoms with E-state index in [1.54, 1.807) is 18.2 Å². The quantitative estimate of drug-likeness (QED) is 0.841. The van der Waals surface area contributed by atoms with Gasteiger partial charge in [-0.25, -0.2) is 8.42 Å². The molecule has 0 atom stereocenters. The van der Waals surface area contributed by atoms with E-state index in [2.05, 4.69) is 0 Å². The number of rotatable bonds is 4. The molecule has 1 heterocycles. The van der Waals surface area contributed by atoms with E-state index >= 15 is 0 Å². The van der Waals surface area contributed by atoms with E-state index in [1.807, 2.05) is 13.0 Å². The molecule has 0 spiro atoms. The summed E-state index contributed by atoms with van der Waals surface area (Å²) in [6.07, 6.45) is 1.59. The van der Waals surface area contributed by atoms with Crippen LogP contribution in [0.15, 0.2) is 18.2 Å². The zero-order valence-electron chi connectivity index (χ0n) is 10.8. The number of hydrogen-bond donors (Lipinski definition) is 0. The average Bonchev–Trinajstić information content (AvgIpc) is 2.38. The van der Waals surface area contributed by atoms with Gasteiger partial charge in [-0.3, -0.25) is 4.31 Å². The standard InChI is InChI=1S/C13H16N2O3S/c1-2-18-12-5-6-13-11(10-12)4-3-8-15(13)19(16,17)9-7-14/h5-6,10H,2-4,8-9H2,1H3. The molecule has 19 heavy (non-hydrogen) atoms. The predicted molar refractivity (Wildman–Crippen MR) is 72.7 cm³/mol. The fourth-order valence-corrected chi connectivity index (χ4v) is 3.45. The molecule has 0 saturated carbocycles. The first-order chi connectivity index (χ1) is 9.08. The molecule has 0 saturated heterocycles. The molecule has 1 aliphatic rings. The molecule has 0 bridgehead atoms. The zero-order valence-corrected chi connectivity index (χ0v) is 11.6. The third-order valence-corrected chi connectivity index (χ3v) is 4.57. The molecule has 0 radical (unpaired) electrons. The minimum Gasteiger partial charge on any atom is -0.494 e. The Hall–Kier alpha value is -1.74. The molecule has 0 aromatic heterocycles. The molecule has 6 heteroatoms. The van der Waals surface area contributed by atoms with Gasteiger partial charge in [0, 0.05) is 6.54 Å². The molecule has 1 aromatic rings. The van der Waals surface area contributed by atoms with Gasteiger partial charge in [0.05, 0.1) is 18.4 Å². The molecule has 0 aliphatic carbocycles. The van der Waals surface area contributed by atoms with E-state index < -0.39 is 15.8 Å². The van der Waals surface area contributed by atoms with Crippen LogP contribution in [0, 0.1) is 11.3 Å². The highest BCUT2D eigenvalue weighted by molar-refractivity contribution is 7.93. The van der Waals surface area contributed by atoms with Crippen LogP contribution in [0.3, 0.4) is 0 Å². The smallest absolute Gasteiger partial charge is 0.248 e. The largest absolute Gasteiger partial charge is 0.494 e. The molecule has 0 fully saturated rings. The van der Waals surface area contributed by atoms with Crippen LogP contribution < -0.4 is 9.04 Å². The minimum absolute atomic E-state index is 0.436. The highest BCUT2D eigenvalue weighted by Crippen LogP contribution is 2.32. The van der Waals surface area contributed by atoms with Gasteiger partial charge in [0.1, 0.15) is 5.75 Å². The number of benzene rings is 1. The lowest BCUT2D eigenvalue weighted by Crippen LogP contribution is -2.36. The molecule has 1 aliphatic heterocycles. The number of nitriles is 1. The van der Waals surface area contributed by atoms with Crippen molar-refractivity contribution in [3.8, 4) is 11.8 Å². The van der Waals surface area contributed by atoms with Crippen LogP contribution in [0.25, 0.3) is 0 Å². The van der Waals surface area contributed by atoms with Gasteiger partial charge in [-0.15, -0.1) is 0 Å². The summed E-state index contributed by atoms with van der Waals surface area (Å²) < 4.78 is 30.8. The van der Waals surface area contributed by atoms with Gasteiger partial charge >= 0.3 is 0 Å².